The van der Waals surface area contributed by atoms with Crippen LogP contribution in [0.15, 0.2) is 77.0 Å². The molecule has 0 fully saturated rings. The fourth-order valence-electron chi connectivity index (χ4n) is 2.98. The van der Waals surface area contributed by atoms with Crippen LogP contribution >= 0.6 is 11.3 Å². The fraction of sp³-hybridized carbons (Fsp3) is 0.167. The number of hydrogen-bond donors (Lipinski definition) is 1. The Bertz CT molecular complexity index is 1210. The minimum absolute atomic E-state index is 0.200. The summed E-state index contributed by atoms with van der Waals surface area (Å²) in [5.41, 5.74) is 1.25. The molecule has 3 aromatic rings. The average Bonchev–Trinajstić information content (AvgIpc) is 3.35. The third-order valence-corrected chi connectivity index (χ3v) is 7.64. The van der Waals surface area contributed by atoms with Gasteiger partial charge in [-0.3, -0.25) is 4.79 Å². The number of nitrogens with zero attached hydrogens (tertiary/aromatic N) is 1. The van der Waals surface area contributed by atoms with E-state index in [1.54, 1.807) is 68.5 Å². The largest absolute Gasteiger partial charge is 0.423 e. The van der Waals surface area contributed by atoms with Crippen molar-refractivity contribution in [3.63, 3.8) is 0 Å². The molecule has 0 aliphatic rings. The maximum absolute atomic E-state index is 12.5. The number of esters is 1. The third-order valence-electron chi connectivity index (χ3n) is 4.71. The second-order valence-corrected chi connectivity index (χ2v) is 9.75. The van der Waals surface area contributed by atoms with Crippen molar-refractivity contribution < 1.29 is 22.7 Å². The van der Waals surface area contributed by atoms with E-state index in [1.165, 1.54) is 33.9 Å². The monoisotopic (exact) mass is 484 g/mol. The van der Waals surface area contributed by atoms with Gasteiger partial charge >= 0.3 is 5.97 Å². The summed E-state index contributed by atoms with van der Waals surface area (Å²) < 4.78 is 31.7. The minimum Gasteiger partial charge on any atom is -0.423 e. The molecule has 1 N–H and O–H groups in total. The summed E-state index contributed by atoms with van der Waals surface area (Å²) in [6.07, 6.45) is 2.81. The number of hydrogen-bond acceptors (Lipinski definition) is 6. The maximum atomic E-state index is 12.5. The molecule has 0 unspecified atom stereocenters. The number of nitrogens with one attached hydrogen (secondary N) is 1. The van der Waals surface area contributed by atoms with E-state index in [0.717, 1.165) is 0 Å². The zero-order valence-corrected chi connectivity index (χ0v) is 19.9. The summed E-state index contributed by atoms with van der Waals surface area (Å²) in [5, 5.41) is 4.60. The topological polar surface area (TPSA) is 92.8 Å². The number of amides is 1. The minimum atomic E-state index is -3.52. The van der Waals surface area contributed by atoms with Crippen molar-refractivity contribution in [2.24, 2.45) is 0 Å². The van der Waals surface area contributed by atoms with Crippen molar-refractivity contribution in [1.82, 2.24) is 4.31 Å². The molecule has 0 saturated heterocycles. The van der Waals surface area contributed by atoms with Gasteiger partial charge in [-0.05, 0) is 59.5 Å². The highest BCUT2D eigenvalue weighted by molar-refractivity contribution is 7.89. The number of carbonyl (C=O) groups excluding carboxylic acids is 2. The van der Waals surface area contributed by atoms with Crippen molar-refractivity contribution in [1.29, 1.82) is 0 Å². The first-order valence-electron chi connectivity index (χ1n) is 10.3. The number of anilines is 1. The number of sulfonamides is 1. The highest BCUT2D eigenvalue weighted by Crippen LogP contribution is 2.19. The zero-order chi connectivity index (χ0) is 23.8. The van der Waals surface area contributed by atoms with Crippen LogP contribution in [0.3, 0.4) is 0 Å². The number of carbonyl (C=O) groups is 2. The molecule has 0 saturated carbocycles. The van der Waals surface area contributed by atoms with Crippen molar-refractivity contribution in [2.75, 3.05) is 18.4 Å². The molecule has 1 aromatic heterocycles. The summed E-state index contributed by atoms with van der Waals surface area (Å²) in [6, 6.07) is 16.3. The lowest BCUT2D eigenvalue weighted by Gasteiger charge is -2.18. The summed E-state index contributed by atoms with van der Waals surface area (Å²) in [6.45, 7) is 4.37. The summed E-state index contributed by atoms with van der Waals surface area (Å²) >= 11 is 1.35. The Hall–Kier alpha value is -3.27. The average molecular weight is 485 g/mol. The second-order valence-electron chi connectivity index (χ2n) is 6.87. The van der Waals surface area contributed by atoms with Crippen molar-refractivity contribution in [3.05, 3.63) is 82.6 Å². The second kappa shape index (κ2) is 11.0. The van der Waals surface area contributed by atoms with Crippen LogP contribution in [-0.4, -0.2) is 37.7 Å². The van der Waals surface area contributed by atoms with E-state index in [4.69, 9.17) is 4.74 Å². The quantitative estimate of drug-likeness (QED) is 0.271. The Morgan fingerprint density at radius 2 is 1.67 bits per heavy atom. The van der Waals surface area contributed by atoms with Crippen LogP contribution in [0, 0.1) is 0 Å². The Morgan fingerprint density at radius 1 is 1.00 bits per heavy atom. The predicted octanol–water partition coefficient (Wildman–Crippen LogP) is 4.65. The summed E-state index contributed by atoms with van der Waals surface area (Å²) in [7, 11) is -3.52. The van der Waals surface area contributed by atoms with Crippen LogP contribution in [0.5, 0.6) is 5.75 Å². The number of rotatable bonds is 9. The number of thiophene rings is 1. The molecular formula is C24H24N2O5S2. The molecule has 9 heteroatoms. The molecule has 2 aromatic carbocycles. The molecule has 172 valence electrons. The van der Waals surface area contributed by atoms with Gasteiger partial charge in [-0.25, -0.2) is 13.2 Å². The Morgan fingerprint density at radius 3 is 2.24 bits per heavy atom. The van der Waals surface area contributed by atoms with Gasteiger partial charge in [0.05, 0.1) is 9.77 Å². The Labute approximate surface area is 197 Å². The standard InChI is InChI=1S/C24H24N2O5S2/c1-3-26(4-2)33(29,30)21-14-7-18(8-15-21)9-16-23(27)31-20-12-10-19(11-13-20)25-24(28)22-6-5-17-32-22/h5-17H,3-4H2,1-2H3,(H,25,28)/b16-9+. The molecular weight excluding hydrogens is 460 g/mol. The molecule has 0 aliphatic carbocycles. The predicted molar refractivity (Wildman–Crippen MR) is 130 cm³/mol. The van der Waals surface area contributed by atoms with Gasteiger partial charge in [-0.2, -0.15) is 4.31 Å². The van der Waals surface area contributed by atoms with E-state index in [0.29, 0.717) is 35.0 Å². The fourth-order valence-corrected chi connectivity index (χ4v) is 5.06. The molecule has 1 amide bonds. The van der Waals surface area contributed by atoms with Crippen LogP contribution in [0.1, 0.15) is 29.1 Å². The van der Waals surface area contributed by atoms with Gasteiger partial charge in [-0.15, -0.1) is 11.3 Å². The van der Waals surface area contributed by atoms with Crippen LogP contribution in [0.25, 0.3) is 6.08 Å². The van der Waals surface area contributed by atoms with Crippen LogP contribution in [0.4, 0.5) is 5.69 Å². The first kappa shape index (κ1) is 24.4. The lowest BCUT2D eigenvalue weighted by molar-refractivity contribution is -0.128. The van der Waals surface area contributed by atoms with Gasteiger partial charge in [0, 0.05) is 24.9 Å². The van der Waals surface area contributed by atoms with Gasteiger partial charge in [0.2, 0.25) is 10.0 Å². The van der Waals surface area contributed by atoms with Crippen molar-refractivity contribution in [2.45, 2.75) is 18.7 Å². The van der Waals surface area contributed by atoms with E-state index in [-0.39, 0.29) is 10.8 Å². The molecule has 33 heavy (non-hydrogen) atoms. The molecule has 0 bridgehead atoms. The maximum Gasteiger partial charge on any atom is 0.336 e. The van der Waals surface area contributed by atoms with Gasteiger partial charge < -0.3 is 10.1 Å². The highest BCUT2D eigenvalue weighted by atomic mass is 32.2. The summed E-state index contributed by atoms with van der Waals surface area (Å²) in [4.78, 5) is 25.0. The summed E-state index contributed by atoms with van der Waals surface area (Å²) in [5.74, 6) is -0.446. The van der Waals surface area contributed by atoms with Crippen molar-refractivity contribution >= 4 is 45.0 Å². The lowest BCUT2D eigenvalue weighted by Crippen LogP contribution is -2.30. The van der Waals surface area contributed by atoms with Crippen LogP contribution in [-0.2, 0) is 14.8 Å². The number of ether oxygens (including phenoxy) is 1. The molecule has 0 radical (unpaired) electrons. The first-order valence-corrected chi connectivity index (χ1v) is 12.6. The number of benzene rings is 2. The van der Waals surface area contributed by atoms with Gasteiger partial charge in [0.1, 0.15) is 5.75 Å². The lowest BCUT2D eigenvalue weighted by atomic mass is 10.2. The Balaban J connectivity index is 1.57. The SMILES string of the molecule is CCN(CC)S(=O)(=O)c1ccc(/C=C/C(=O)Oc2ccc(NC(=O)c3cccs3)cc2)cc1. The molecule has 0 aliphatic heterocycles. The van der Waals surface area contributed by atoms with Gasteiger partial charge in [0.15, 0.2) is 0 Å². The van der Waals surface area contributed by atoms with E-state index in [2.05, 4.69) is 5.32 Å². The normalized spacial score (nSPS) is 11.6. The molecule has 0 spiro atoms. The smallest absolute Gasteiger partial charge is 0.336 e. The zero-order valence-electron chi connectivity index (χ0n) is 18.2. The molecule has 1 heterocycles. The van der Waals surface area contributed by atoms with Crippen molar-refractivity contribution in [3.8, 4) is 5.75 Å². The third kappa shape index (κ3) is 6.38. The van der Waals surface area contributed by atoms with Crippen LogP contribution in [0.2, 0.25) is 0 Å². The van der Waals surface area contributed by atoms with Crippen LogP contribution < -0.4 is 10.1 Å². The van der Waals surface area contributed by atoms with Gasteiger partial charge in [0.25, 0.3) is 5.91 Å². The first-order chi connectivity index (χ1) is 15.8. The van der Waals surface area contributed by atoms with E-state index < -0.39 is 16.0 Å². The molecule has 7 nitrogen and oxygen atoms in total. The van der Waals surface area contributed by atoms with E-state index in [9.17, 15) is 18.0 Å². The van der Waals surface area contributed by atoms with E-state index >= 15 is 0 Å². The molecule has 0 atom stereocenters. The van der Waals surface area contributed by atoms with Gasteiger partial charge in [-0.1, -0.05) is 32.0 Å². The Kier molecular flexibility index (Phi) is 8.16. The molecule has 3 rings (SSSR count). The van der Waals surface area contributed by atoms with E-state index in [1.807, 2.05) is 5.38 Å². The highest BCUT2D eigenvalue weighted by Gasteiger charge is 2.20.